The normalized spacial score (nSPS) is 11.6. The molecule has 0 spiro atoms. The molecule has 7 heteroatoms. The highest BCUT2D eigenvalue weighted by atomic mass is 16.4. The Bertz CT molecular complexity index is 1140. The minimum atomic E-state index is -1.00. The van der Waals surface area contributed by atoms with Gasteiger partial charge >= 0.3 is 12.0 Å². The Kier molecular flexibility index (Phi) is 6.55. The van der Waals surface area contributed by atoms with E-state index in [9.17, 15) is 14.4 Å². The van der Waals surface area contributed by atoms with Crippen molar-refractivity contribution in [3.63, 3.8) is 0 Å². The first-order valence-corrected chi connectivity index (χ1v) is 9.94. The van der Waals surface area contributed by atoms with Crippen molar-refractivity contribution in [1.82, 2.24) is 5.32 Å². The molecule has 7 nitrogen and oxygen atoms in total. The van der Waals surface area contributed by atoms with E-state index in [2.05, 4.69) is 16.0 Å². The molecule has 3 aromatic rings. The lowest BCUT2D eigenvalue weighted by Gasteiger charge is -2.17. The molecule has 3 rings (SSSR count). The number of carbonyl (C=O) groups is 3. The lowest BCUT2D eigenvalue weighted by Crippen LogP contribution is -2.35. The number of carbonyl (C=O) groups excluding carboxylic acids is 2. The monoisotopic (exact) mass is 419 g/mol. The summed E-state index contributed by atoms with van der Waals surface area (Å²) in [5.41, 5.74) is 3.15. The van der Waals surface area contributed by atoms with E-state index >= 15 is 0 Å². The molecule has 3 amide bonds. The van der Waals surface area contributed by atoms with Gasteiger partial charge in [0.1, 0.15) is 0 Å². The molecule has 0 fully saturated rings. The van der Waals surface area contributed by atoms with Gasteiger partial charge in [-0.1, -0.05) is 42.5 Å². The van der Waals surface area contributed by atoms with Gasteiger partial charge in [0.25, 0.3) is 5.91 Å². The summed E-state index contributed by atoms with van der Waals surface area (Å²) in [5.74, 6) is -1.46. The van der Waals surface area contributed by atoms with Crippen molar-refractivity contribution in [2.75, 3.05) is 10.6 Å². The van der Waals surface area contributed by atoms with Gasteiger partial charge in [-0.3, -0.25) is 9.59 Å². The fraction of sp³-hybridized carbons (Fsp3) is 0.208. The SMILES string of the molecule is Cc1cccc(C)c1NC(=O)Nc1cc2ccccc2cc1C(=O)NC(C)CC(=O)O. The zero-order chi connectivity index (χ0) is 22.5. The average molecular weight is 419 g/mol. The second-order valence-corrected chi connectivity index (χ2v) is 7.56. The van der Waals surface area contributed by atoms with Gasteiger partial charge in [0.15, 0.2) is 0 Å². The molecule has 0 radical (unpaired) electrons. The molecule has 0 aliphatic rings. The molecule has 160 valence electrons. The third-order valence-corrected chi connectivity index (χ3v) is 4.96. The molecule has 31 heavy (non-hydrogen) atoms. The number of carboxylic acids is 1. The first-order chi connectivity index (χ1) is 14.7. The van der Waals surface area contributed by atoms with E-state index in [1.165, 1.54) is 0 Å². The molecule has 1 unspecified atom stereocenters. The zero-order valence-corrected chi connectivity index (χ0v) is 17.7. The number of carboxylic acid groups (broad SMARTS) is 1. The van der Waals surface area contributed by atoms with Crippen LogP contribution < -0.4 is 16.0 Å². The molecule has 3 aromatic carbocycles. The number of rotatable bonds is 6. The lowest BCUT2D eigenvalue weighted by atomic mass is 10.0. The summed E-state index contributed by atoms with van der Waals surface area (Å²) in [6.45, 7) is 5.43. The van der Waals surface area contributed by atoms with E-state index < -0.39 is 23.9 Å². The van der Waals surface area contributed by atoms with Crippen LogP contribution >= 0.6 is 0 Å². The number of fused-ring (bicyclic) bond motifs is 1. The van der Waals surface area contributed by atoms with Gasteiger partial charge in [0, 0.05) is 11.7 Å². The van der Waals surface area contributed by atoms with Gasteiger partial charge in [-0.15, -0.1) is 0 Å². The lowest BCUT2D eigenvalue weighted by molar-refractivity contribution is -0.137. The number of benzene rings is 3. The molecule has 4 N–H and O–H groups in total. The van der Waals surface area contributed by atoms with Crippen LogP contribution in [0.15, 0.2) is 54.6 Å². The van der Waals surface area contributed by atoms with E-state index in [1.807, 2.05) is 56.3 Å². The average Bonchev–Trinajstić information content (AvgIpc) is 2.69. The number of aliphatic carboxylic acids is 1. The highest BCUT2D eigenvalue weighted by molar-refractivity contribution is 6.10. The highest BCUT2D eigenvalue weighted by Gasteiger charge is 2.18. The molecule has 0 aromatic heterocycles. The summed E-state index contributed by atoms with van der Waals surface area (Å²) in [4.78, 5) is 36.5. The molecule has 1 atom stereocenters. The number of aryl methyl sites for hydroxylation is 2. The number of anilines is 2. The summed E-state index contributed by atoms with van der Waals surface area (Å²) in [6.07, 6.45) is -0.199. The quantitative estimate of drug-likeness (QED) is 0.465. The summed E-state index contributed by atoms with van der Waals surface area (Å²) >= 11 is 0. The molecular formula is C24H25N3O4. The van der Waals surface area contributed by atoms with E-state index in [1.54, 1.807) is 19.1 Å². The number of hydrogen-bond donors (Lipinski definition) is 4. The Balaban J connectivity index is 1.90. The Morgan fingerprint density at radius 3 is 2.13 bits per heavy atom. The van der Waals surface area contributed by atoms with Crippen LogP contribution in [0.4, 0.5) is 16.2 Å². The predicted molar refractivity (Wildman–Crippen MR) is 122 cm³/mol. The van der Waals surface area contributed by atoms with Crippen molar-refractivity contribution >= 4 is 40.1 Å². The standard InChI is InChI=1S/C24H25N3O4/c1-14-7-6-8-15(2)22(14)27-24(31)26-20-13-18-10-5-4-9-17(18)12-19(20)23(30)25-16(3)11-21(28)29/h4-10,12-13,16H,11H2,1-3H3,(H,25,30)(H,28,29)(H2,26,27,31). The largest absolute Gasteiger partial charge is 0.481 e. The Labute approximate surface area is 180 Å². The molecule has 0 saturated carbocycles. The van der Waals surface area contributed by atoms with Crippen LogP contribution in [0.5, 0.6) is 0 Å². The molecular weight excluding hydrogens is 394 g/mol. The minimum Gasteiger partial charge on any atom is -0.481 e. The number of para-hydroxylation sites is 1. The third-order valence-electron chi connectivity index (χ3n) is 4.96. The number of nitrogens with one attached hydrogen (secondary N) is 3. The van der Waals surface area contributed by atoms with Crippen molar-refractivity contribution in [3.05, 3.63) is 71.3 Å². The fourth-order valence-electron chi connectivity index (χ4n) is 3.42. The van der Waals surface area contributed by atoms with Crippen molar-refractivity contribution in [2.45, 2.75) is 33.2 Å². The zero-order valence-electron chi connectivity index (χ0n) is 17.7. The maximum Gasteiger partial charge on any atom is 0.323 e. The Morgan fingerprint density at radius 2 is 1.52 bits per heavy atom. The molecule has 0 bridgehead atoms. The van der Waals surface area contributed by atoms with E-state index in [0.29, 0.717) is 11.4 Å². The van der Waals surface area contributed by atoms with Crippen molar-refractivity contribution in [3.8, 4) is 0 Å². The predicted octanol–water partition coefficient (Wildman–Crippen LogP) is 4.69. The maximum atomic E-state index is 12.9. The van der Waals surface area contributed by atoms with Crippen LogP contribution in [0.1, 0.15) is 34.8 Å². The fourth-order valence-corrected chi connectivity index (χ4v) is 3.42. The van der Waals surface area contributed by atoms with Gasteiger partial charge in [-0.05, 0) is 54.8 Å². The maximum absolute atomic E-state index is 12.9. The van der Waals surface area contributed by atoms with E-state index in [0.717, 1.165) is 21.9 Å². The van der Waals surface area contributed by atoms with Crippen LogP contribution in [-0.4, -0.2) is 29.1 Å². The first kappa shape index (κ1) is 21.8. The van der Waals surface area contributed by atoms with E-state index in [-0.39, 0.29) is 12.0 Å². The summed E-state index contributed by atoms with van der Waals surface area (Å²) in [7, 11) is 0. The van der Waals surface area contributed by atoms with Crippen LogP contribution in [-0.2, 0) is 4.79 Å². The van der Waals surface area contributed by atoms with Crippen LogP contribution in [0.2, 0.25) is 0 Å². The second kappa shape index (κ2) is 9.30. The highest BCUT2D eigenvalue weighted by Crippen LogP contribution is 2.25. The smallest absolute Gasteiger partial charge is 0.323 e. The van der Waals surface area contributed by atoms with Crippen molar-refractivity contribution in [1.29, 1.82) is 0 Å². The summed E-state index contributed by atoms with van der Waals surface area (Å²) in [6, 6.07) is 15.6. The summed E-state index contributed by atoms with van der Waals surface area (Å²) < 4.78 is 0. The van der Waals surface area contributed by atoms with Gasteiger partial charge in [0.2, 0.25) is 0 Å². The molecule has 0 saturated heterocycles. The Morgan fingerprint density at radius 1 is 0.903 bits per heavy atom. The van der Waals surface area contributed by atoms with Crippen LogP contribution in [0, 0.1) is 13.8 Å². The van der Waals surface area contributed by atoms with Crippen LogP contribution in [0.25, 0.3) is 10.8 Å². The van der Waals surface area contributed by atoms with Crippen molar-refractivity contribution in [2.24, 2.45) is 0 Å². The first-order valence-electron chi connectivity index (χ1n) is 9.94. The van der Waals surface area contributed by atoms with Gasteiger partial charge in [0.05, 0.1) is 17.7 Å². The topological polar surface area (TPSA) is 108 Å². The molecule has 0 heterocycles. The van der Waals surface area contributed by atoms with Gasteiger partial charge in [-0.2, -0.15) is 0 Å². The summed E-state index contributed by atoms with van der Waals surface area (Å²) in [5, 5.41) is 18.9. The second-order valence-electron chi connectivity index (χ2n) is 7.56. The van der Waals surface area contributed by atoms with Gasteiger partial charge in [-0.25, -0.2) is 4.79 Å². The van der Waals surface area contributed by atoms with Crippen molar-refractivity contribution < 1.29 is 19.5 Å². The number of amides is 3. The molecule has 0 aliphatic heterocycles. The number of urea groups is 1. The van der Waals surface area contributed by atoms with E-state index in [4.69, 9.17) is 5.11 Å². The Hall–Kier alpha value is -3.87. The third kappa shape index (κ3) is 5.39. The number of hydrogen-bond acceptors (Lipinski definition) is 3. The molecule has 0 aliphatic carbocycles. The van der Waals surface area contributed by atoms with Gasteiger partial charge < -0.3 is 21.1 Å². The van der Waals surface area contributed by atoms with Crippen LogP contribution in [0.3, 0.4) is 0 Å². The minimum absolute atomic E-state index is 0.199.